The molecule has 0 spiro atoms. The lowest BCUT2D eigenvalue weighted by atomic mass is 9.84. The van der Waals surface area contributed by atoms with Crippen LogP contribution in [-0.4, -0.2) is 9.97 Å². The molecule has 222 valence electrons. The standard InChI is InChI=1S/C44H26N4/c45-27-35-16-8-22-47-43(35)33-14-6-12-31(24-33)41-37-18-4-5-19-38(37)42(40-26-30(20-21-39(40)41)29-10-2-1-3-11-29)32-13-7-15-34(25-32)44-36(28-46)17-9-23-48-44/h1-26H. The van der Waals surface area contributed by atoms with Crippen molar-refractivity contribution in [2.45, 2.75) is 0 Å². The molecule has 8 rings (SSSR count). The van der Waals surface area contributed by atoms with Crippen molar-refractivity contribution < 1.29 is 0 Å². The monoisotopic (exact) mass is 610 g/mol. The fourth-order valence-electron chi connectivity index (χ4n) is 6.71. The zero-order valence-corrected chi connectivity index (χ0v) is 25.8. The summed E-state index contributed by atoms with van der Waals surface area (Å²) in [7, 11) is 0. The molecule has 0 radical (unpaired) electrons. The fraction of sp³-hybridized carbons (Fsp3) is 0. The molecule has 0 saturated carbocycles. The van der Waals surface area contributed by atoms with Gasteiger partial charge in [-0.25, -0.2) is 0 Å². The molecule has 2 aromatic heterocycles. The van der Waals surface area contributed by atoms with E-state index in [1.165, 1.54) is 0 Å². The largest absolute Gasteiger partial charge is 0.255 e. The van der Waals surface area contributed by atoms with Gasteiger partial charge in [0.1, 0.15) is 12.1 Å². The predicted molar refractivity (Wildman–Crippen MR) is 194 cm³/mol. The maximum Gasteiger partial charge on any atom is 0.101 e. The summed E-state index contributed by atoms with van der Waals surface area (Å²) >= 11 is 0. The van der Waals surface area contributed by atoms with Crippen LogP contribution in [0, 0.1) is 22.7 Å². The Kier molecular flexibility index (Phi) is 7.23. The van der Waals surface area contributed by atoms with Crippen molar-refractivity contribution in [1.29, 1.82) is 10.5 Å². The molecule has 0 amide bonds. The highest BCUT2D eigenvalue weighted by Crippen LogP contribution is 2.46. The molecule has 0 aliphatic heterocycles. The van der Waals surface area contributed by atoms with Gasteiger partial charge in [0, 0.05) is 23.5 Å². The Morgan fingerprint density at radius 2 is 0.833 bits per heavy atom. The highest BCUT2D eigenvalue weighted by atomic mass is 14.7. The smallest absolute Gasteiger partial charge is 0.101 e. The average Bonchev–Trinajstić information content (AvgIpc) is 3.17. The third-order valence-corrected chi connectivity index (χ3v) is 8.84. The van der Waals surface area contributed by atoms with Gasteiger partial charge in [-0.15, -0.1) is 0 Å². The van der Waals surface area contributed by atoms with Crippen LogP contribution in [0.3, 0.4) is 0 Å². The van der Waals surface area contributed by atoms with Crippen LogP contribution in [-0.2, 0) is 0 Å². The second-order valence-corrected chi connectivity index (χ2v) is 11.6. The van der Waals surface area contributed by atoms with E-state index in [-0.39, 0.29) is 0 Å². The van der Waals surface area contributed by atoms with Crippen molar-refractivity contribution in [3.05, 3.63) is 169 Å². The summed E-state index contributed by atoms with van der Waals surface area (Å²) in [5.74, 6) is 0. The molecule has 48 heavy (non-hydrogen) atoms. The number of nitriles is 2. The molecule has 2 heterocycles. The van der Waals surface area contributed by atoms with Crippen LogP contribution in [0.1, 0.15) is 11.1 Å². The lowest BCUT2D eigenvalue weighted by molar-refractivity contribution is 1.30. The number of fused-ring (bicyclic) bond motifs is 2. The zero-order valence-electron chi connectivity index (χ0n) is 25.8. The second kappa shape index (κ2) is 12.1. The molecule has 0 atom stereocenters. The van der Waals surface area contributed by atoms with Crippen molar-refractivity contribution in [3.63, 3.8) is 0 Å². The molecule has 4 nitrogen and oxygen atoms in total. The van der Waals surface area contributed by atoms with E-state index in [4.69, 9.17) is 0 Å². The average molecular weight is 611 g/mol. The van der Waals surface area contributed by atoms with Crippen LogP contribution in [0.15, 0.2) is 158 Å². The van der Waals surface area contributed by atoms with Gasteiger partial charge in [0.2, 0.25) is 0 Å². The molecular formula is C44H26N4. The molecule has 0 aliphatic rings. The van der Waals surface area contributed by atoms with Crippen LogP contribution in [0.25, 0.3) is 77.4 Å². The van der Waals surface area contributed by atoms with Gasteiger partial charge in [-0.2, -0.15) is 10.5 Å². The van der Waals surface area contributed by atoms with Gasteiger partial charge in [-0.1, -0.05) is 103 Å². The maximum absolute atomic E-state index is 9.84. The summed E-state index contributed by atoms with van der Waals surface area (Å²) in [6.45, 7) is 0. The first-order chi connectivity index (χ1) is 23.7. The Balaban J connectivity index is 1.44. The quantitative estimate of drug-likeness (QED) is 0.182. The van der Waals surface area contributed by atoms with Crippen molar-refractivity contribution in [3.8, 4) is 68.0 Å². The number of rotatable bonds is 5. The minimum absolute atomic E-state index is 0.540. The van der Waals surface area contributed by atoms with Gasteiger partial charge < -0.3 is 0 Å². The highest BCUT2D eigenvalue weighted by Gasteiger charge is 2.19. The Labute approximate surface area is 278 Å². The first-order valence-electron chi connectivity index (χ1n) is 15.7. The van der Waals surface area contributed by atoms with Crippen LogP contribution in [0.2, 0.25) is 0 Å². The molecule has 6 aromatic carbocycles. The lowest BCUT2D eigenvalue weighted by Crippen LogP contribution is -1.94. The summed E-state index contributed by atoms with van der Waals surface area (Å²) in [5, 5.41) is 24.1. The molecule has 4 heteroatoms. The third-order valence-electron chi connectivity index (χ3n) is 8.84. The van der Waals surface area contributed by atoms with Gasteiger partial charge in [-0.05, 0) is 97.4 Å². The van der Waals surface area contributed by atoms with E-state index in [1.807, 2.05) is 30.3 Å². The summed E-state index contributed by atoms with van der Waals surface area (Å²) in [4.78, 5) is 9.16. The van der Waals surface area contributed by atoms with Crippen molar-refractivity contribution in [2.75, 3.05) is 0 Å². The van der Waals surface area contributed by atoms with Gasteiger partial charge >= 0.3 is 0 Å². The number of hydrogen-bond acceptors (Lipinski definition) is 4. The van der Waals surface area contributed by atoms with E-state index in [0.717, 1.165) is 66.1 Å². The zero-order chi connectivity index (χ0) is 32.5. The maximum atomic E-state index is 9.84. The Morgan fingerprint density at radius 3 is 1.40 bits per heavy atom. The first-order valence-corrected chi connectivity index (χ1v) is 15.7. The number of benzene rings is 6. The van der Waals surface area contributed by atoms with Gasteiger partial charge in [0.15, 0.2) is 0 Å². The van der Waals surface area contributed by atoms with E-state index in [0.29, 0.717) is 22.5 Å². The summed E-state index contributed by atoms with van der Waals surface area (Å²) in [5.41, 5.74) is 10.8. The van der Waals surface area contributed by atoms with Crippen molar-refractivity contribution in [2.24, 2.45) is 0 Å². The molecule has 0 unspecified atom stereocenters. The third kappa shape index (κ3) is 4.95. The van der Waals surface area contributed by atoms with E-state index in [9.17, 15) is 10.5 Å². The molecule has 0 bridgehead atoms. The van der Waals surface area contributed by atoms with E-state index < -0.39 is 0 Å². The highest BCUT2D eigenvalue weighted by molar-refractivity contribution is 6.22. The van der Waals surface area contributed by atoms with Crippen molar-refractivity contribution >= 4 is 21.5 Å². The minimum Gasteiger partial charge on any atom is -0.255 e. The van der Waals surface area contributed by atoms with Gasteiger partial charge in [0.25, 0.3) is 0 Å². The minimum atomic E-state index is 0.540. The number of aromatic nitrogens is 2. The fourth-order valence-corrected chi connectivity index (χ4v) is 6.71. The first kappa shape index (κ1) is 28.6. The van der Waals surface area contributed by atoms with Crippen molar-refractivity contribution in [1.82, 2.24) is 9.97 Å². The van der Waals surface area contributed by atoms with E-state index in [2.05, 4.69) is 113 Å². The summed E-state index contributed by atoms with van der Waals surface area (Å²) < 4.78 is 0. The molecule has 0 saturated heterocycles. The van der Waals surface area contributed by atoms with Crippen LogP contribution in [0.4, 0.5) is 0 Å². The topological polar surface area (TPSA) is 73.4 Å². The molecule has 0 N–H and O–H groups in total. The molecule has 0 aliphatic carbocycles. The van der Waals surface area contributed by atoms with Crippen LogP contribution in [0.5, 0.6) is 0 Å². The predicted octanol–water partition coefficient (Wildman–Crippen LogP) is 10.9. The van der Waals surface area contributed by atoms with Crippen LogP contribution < -0.4 is 0 Å². The SMILES string of the molecule is N#Cc1cccnc1-c1cccc(-c2c3ccccc3c(-c3cccc(-c4ncccc4C#N)c3)c3cc(-c4ccccc4)ccc23)c1. The number of nitrogens with zero attached hydrogens (tertiary/aromatic N) is 4. The summed E-state index contributed by atoms with van der Waals surface area (Å²) in [6.07, 6.45) is 3.46. The Bertz CT molecular complexity index is 2590. The Morgan fingerprint density at radius 1 is 0.354 bits per heavy atom. The lowest BCUT2D eigenvalue weighted by Gasteiger charge is -2.19. The molecule has 8 aromatic rings. The van der Waals surface area contributed by atoms with Gasteiger partial charge in [0.05, 0.1) is 22.5 Å². The number of hydrogen-bond donors (Lipinski definition) is 0. The molecule has 0 fully saturated rings. The molecular weight excluding hydrogens is 585 g/mol. The number of pyridine rings is 2. The van der Waals surface area contributed by atoms with Gasteiger partial charge in [-0.3, -0.25) is 9.97 Å². The van der Waals surface area contributed by atoms with E-state index >= 15 is 0 Å². The van der Waals surface area contributed by atoms with E-state index in [1.54, 1.807) is 36.7 Å². The Hall–Kier alpha value is -6.88. The summed E-state index contributed by atoms with van der Waals surface area (Å²) in [6, 6.07) is 54.1. The second-order valence-electron chi connectivity index (χ2n) is 11.6. The van der Waals surface area contributed by atoms with Crippen LogP contribution >= 0.6 is 0 Å². The normalized spacial score (nSPS) is 10.9.